The van der Waals surface area contributed by atoms with Gasteiger partial charge in [0.25, 0.3) is 0 Å². The van der Waals surface area contributed by atoms with Crippen LogP contribution in [0.3, 0.4) is 0 Å². The first-order valence-corrected chi connectivity index (χ1v) is 8.72. The van der Waals surface area contributed by atoms with Gasteiger partial charge in [0, 0.05) is 22.1 Å². The van der Waals surface area contributed by atoms with Crippen molar-refractivity contribution in [1.82, 2.24) is 19.9 Å². The molecule has 0 atom stereocenters. The lowest BCUT2D eigenvalue weighted by atomic mass is 10.3. The summed E-state index contributed by atoms with van der Waals surface area (Å²) in [6, 6.07) is 16.4. The molecule has 0 unspecified atom stereocenters. The molecule has 0 amide bonds. The molecular weight excluding hydrogens is 383 g/mol. The van der Waals surface area contributed by atoms with Gasteiger partial charge in [-0.05, 0) is 72.8 Å². The summed E-state index contributed by atoms with van der Waals surface area (Å²) in [5, 5.41) is 0. The predicted molar refractivity (Wildman–Crippen MR) is 110 cm³/mol. The van der Waals surface area contributed by atoms with Crippen LogP contribution in [0.1, 0.15) is 24.2 Å². The Balaban J connectivity index is 0.000000386. The largest absolute Gasteiger partial charge is 1.00 e. The fourth-order valence-electron chi connectivity index (χ4n) is 2.94. The zero-order valence-electron chi connectivity index (χ0n) is 15.9. The van der Waals surface area contributed by atoms with Crippen molar-refractivity contribution in [2.24, 2.45) is 0 Å². The molecule has 0 aromatic carbocycles. The Bertz CT molecular complexity index is 1180. The van der Waals surface area contributed by atoms with Crippen molar-refractivity contribution in [3.8, 4) is 0 Å². The summed E-state index contributed by atoms with van der Waals surface area (Å²) in [7, 11) is -6.00. The highest BCUT2D eigenvalue weighted by molar-refractivity contribution is 6.50. The fourth-order valence-corrected chi connectivity index (χ4v) is 2.94. The van der Waals surface area contributed by atoms with Crippen molar-refractivity contribution in [2.45, 2.75) is 0 Å². The Kier molecular flexibility index (Phi) is 4.80. The zero-order chi connectivity index (χ0) is 20.4. The lowest BCUT2D eigenvalue weighted by Gasteiger charge is -1.94. The second-order valence-corrected chi connectivity index (χ2v) is 6.40. The van der Waals surface area contributed by atoms with Crippen LogP contribution in [0, 0.1) is 0 Å². The summed E-state index contributed by atoms with van der Waals surface area (Å²) in [5.74, 6) is 0. The van der Waals surface area contributed by atoms with Crippen LogP contribution >= 0.6 is 0 Å². The van der Waals surface area contributed by atoms with E-state index in [1.165, 1.54) is 0 Å². The number of hydrogen-bond acceptors (Lipinski definition) is 2. The number of aromatic nitrogens is 4. The van der Waals surface area contributed by atoms with Gasteiger partial charge in [0.15, 0.2) is 0 Å². The number of H-pyrrole nitrogens is 2. The molecule has 2 aliphatic heterocycles. The average Bonchev–Trinajstić information content (AvgIpc) is 3.38. The summed E-state index contributed by atoms with van der Waals surface area (Å²) < 4.78 is 39.0. The van der Waals surface area contributed by atoms with Crippen molar-refractivity contribution in [3.63, 3.8) is 0 Å². The fraction of sp³-hybridized carbons (Fsp3) is 0. The maximum absolute atomic E-state index is 9.75. The van der Waals surface area contributed by atoms with Gasteiger partial charge in [-0.25, -0.2) is 9.97 Å². The third-order valence-electron chi connectivity index (χ3n) is 4.04. The van der Waals surface area contributed by atoms with E-state index in [-0.39, 0.29) is 1.43 Å². The van der Waals surface area contributed by atoms with Crippen LogP contribution in [0.2, 0.25) is 0 Å². The highest BCUT2D eigenvalue weighted by Crippen LogP contribution is 2.17. The quantitative estimate of drug-likeness (QED) is 0.246. The van der Waals surface area contributed by atoms with E-state index in [1.807, 2.05) is 42.5 Å². The molecule has 0 spiro atoms. The predicted octanol–water partition coefficient (Wildman–Crippen LogP) is 6.07. The van der Waals surface area contributed by atoms with Crippen LogP contribution in [0.5, 0.6) is 0 Å². The zero-order valence-corrected chi connectivity index (χ0v) is 14.9. The van der Waals surface area contributed by atoms with Crippen LogP contribution in [0.15, 0.2) is 48.5 Å². The van der Waals surface area contributed by atoms with E-state index in [1.54, 1.807) is 0 Å². The Morgan fingerprint density at radius 3 is 1.24 bits per heavy atom. The molecular formula is C20H15BF4N4. The third-order valence-corrected chi connectivity index (χ3v) is 4.04. The van der Waals surface area contributed by atoms with Gasteiger partial charge < -0.3 is 27.2 Å². The molecule has 2 aliphatic rings. The van der Waals surface area contributed by atoms with Gasteiger partial charge in [-0.2, -0.15) is 0 Å². The molecule has 3 aromatic heterocycles. The van der Waals surface area contributed by atoms with E-state index in [9.17, 15) is 17.3 Å². The first kappa shape index (κ1) is 18.7. The van der Waals surface area contributed by atoms with Gasteiger partial charge in [0.1, 0.15) is 0 Å². The Morgan fingerprint density at radius 1 is 0.552 bits per heavy atom. The van der Waals surface area contributed by atoms with E-state index in [0.717, 1.165) is 44.8 Å². The lowest BCUT2D eigenvalue weighted by Crippen LogP contribution is -2.02. The van der Waals surface area contributed by atoms with Crippen molar-refractivity contribution in [2.75, 3.05) is 0 Å². The Morgan fingerprint density at radius 2 is 0.862 bits per heavy atom. The van der Waals surface area contributed by atoms with Gasteiger partial charge in [-0.1, -0.05) is 0 Å². The van der Waals surface area contributed by atoms with Crippen molar-refractivity contribution >= 4 is 53.6 Å². The molecule has 3 aromatic rings. The second-order valence-electron chi connectivity index (χ2n) is 6.40. The summed E-state index contributed by atoms with van der Waals surface area (Å²) in [6.45, 7) is 0. The van der Waals surface area contributed by atoms with E-state index < -0.39 is 7.25 Å². The third kappa shape index (κ3) is 5.22. The second kappa shape index (κ2) is 7.42. The van der Waals surface area contributed by atoms with Crippen LogP contribution < -0.4 is 0 Å². The molecule has 0 aliphatic carbocycles. The monoisotopic (exact) mass is 398 g/mol. The Labute approximate surface area is 164 Å². The van der Waals surface area contributed by atoms with Gasteiger partial charge >= 0.3 is 8.68 Å². The van der Waals surface area contributed by atoms with Crippen molar-refractivity contribution in [1.29, 1.82) is 0 Å². The molecule has 9 heteroatoms. The van der Waals surface area contributed by atoms with Crippen molar-refractivity contribution in [3.05, 3.63) is 71.3 Å². The molecule has 29 heavy (non-hydrogen) atoms. The van der Waals surface area contributed by atoms with Gasteiger partial charge in [-0.15, -0.1) is 0 Å². The topological polar surface area (TPSA) is 57.4 Å². The molecule has 5 rings (SSSR count). The van der Waals surface area contributed by atoms with Crippen LogP contribution in [0.25, 0.3) is 46.4 Å². The number of aromatic amines is 2. The number of hydrogen-bond donors (Lipinski definition) is 2. The first-order valence-electron chi connectivity index (χ1n) is 8.72. The average molecular weight is 398 g/mol. The molecule has 5 heterocycles. The maximum Gasteiger partial charge on any atom is 1.00 e. The highest BCUT2D eigenvalue weighted by atomic mass is 19.5. The normalized spacial score (nSPS) is 12.6. The molecule has 8 bridgehead atoms. The number of nitrogens with one attached hydrogen (secondary N) is 2. The molecule has 0 radical (unpaired) electrons. The molecule has 0 saturated carbocycles. The van der Waals surface area contributed by atoms with Gasteiger partial charge in [0.2, 0.25) is 0 Å². The lowest BCUT2D eigenvalue weighted by molar-refractivity contribution is 0.368. The molecule has 2 N–H and O–H groups in total. The maximum atomic E-state index is 9.75. The molecule has 0 fully saturated rings. The van der Waals surface area contributed by atoms with E-state index in [4.69, 9.17) is 0 Å². The molecule has 146 valence electrons. The summed E-state index contributed by atoms with van der Waals surface area (Å²) >= 11 is 0. The minimum absolute atomic E-state index is 0. The number of nitrogens with zero attached hydrogens (tertiary/aromatic N) is 2. The minimum atomic E-state index is -6.00. The van der Waals surface area contributed by atoms with E-state index in [2.05, 4.69) is 50.3 Å². The molecule has 0 saturated heterocycles. The smallest absolute Gasteiger partial charge is 0.418 e. The molecule has 4 nitrogen and oxygen atoms in total. The number of halogens is 4. The minimum Gasteiger partial charge on any atom is -0.418 e. The summed E-state index contributed by atoms with van der Waals surface area (Å²) in [6.07, 6.45) is 8.05. The summed E-state index contributed by atoms with van der Waals surface area (Å²) in [4.78, 5) is 16.0. The van der Waals surface area contributed by atoms with Gasteiger partial charge in [-0.3, -0.25) is 0 Å². The standard InChI is InChI=1S/C20H14N4.BF4/c1-2-14-10-16-5-6-18(23-16)12-20-8-7-19(24-20)11-17-4-3-15(22-17)9-13(1)21-14;2-1(3,4)5/h1-12,21-22H;/q;-1/p+1. The van der Waals surface area contributed by atoms with E-state index >= 15 is 0 Å². The number of fused-ring (bicyclic) bond motifs is 8. The van der Waals surface area contributed by atoms with E-state index in [0.29, 0.717) is 0 Å². The SMILES string of the molecule is C1=Cc2cc3ccc(cc4ccc(cc5nc(cc1n2)C=C5)[nH]4)[nH]3.F[B-](F)(F)F.[H+]. The van der Waals surface area contributed by atoms with Crippen LogP contribution in [-0.2, 0) is 0 Å². The number of rotatable bonds is 0. The van der Waals surface area contributed by atoms with Crippen LogP contribution in [0.4, 0.5) is 17.3 Å². The van der Waals surface area contributed by atoms with Gasteiger partial charge in [0.05, 0.1) is 22.8 Å². The Hall–Kier alpha value is -3.62. The van der Waals surface area contributed by atoms with Crippen LogP contribution in [-0.4, -0.2) is 27.2 Å². The highest BCUT2D eigenvalue weighted by Gasteiger charge is 2.20. The summed E-state index contributed by atoms with van der Waals surface area (Å²) in [5.41, 5.74) is 7.86. The van der Waals surface area contributed by atoms with Crippen molar-refractivity contribution < 1.29 is 18.7 Å². The first-order chi connectivity index (χ1) is 13.8.